The molecule has 0 spiro atoms. The second-order valence-electron chi connectivity index (χ2n) is 10.4. The number of carbonyl (C=O) groups excluding carboxylic acids is 2. The molecular weight excluding hydrogens is 392 g/mol. The molecule has 0 amide bonds. The molecule has 1 saturated carbocycles. The maximum atomic E-state index is 12.9. The van der Waals surface area contributed by atoms with Gasteiger partial charge in [0.05, 0.1) is 25.6 Å². The van der Waals surface area contributed by atoms with Gasteiger partial charge in [-0.15, -0.1) is 0 Å². The van der Waals surface area contributed by atoms with E-state index in [0.29, 0.717) is 5.57 Å². The summed E-state index contributed by atoms with van der Waals surface area (Å²) in [5, 5.41) is 0. The average molecular weight is 431 g/mol. The van der Waals surface area contributed by atoms with Crippen LogP contribution in [0.25, 0.3) is 0 Å². The lowest BCUT2D eigenvalue weighted by Crippen LogP contribution is -2.56. The van der Waals surface area contributed by atoms with Crippen LogP contribution in [0.3, 0.4) is 0 Å². The van der Waals surface area contributed by atoms with Crippen molar-refractivity contribution in [1.29, 1.82) is 0 Å². The topological polar surface area (TPSA) is 65.7 Å². The molecule has 5 heteroatoms. The summed E-state index contributed by atoms with van der Waals surface area (Å²) in [6.45, 7) is 10.7. The quantitative estimate of drug-likeness (QED) is 0.517. The fourth-order valence-electron chi connectivity index (χ4n) is 6.16. The van der Waals surface area contributed by atoms with Crippen molar-refractivity contribution < 1.29 is 23.5 Å². The Hall–Kier alpha value is -2.04. The molecule has 0 radical (unpaired) electrons. The maximum Gasteiger partial charge on any atom is 0.333 e. The summed E-state index contributed by atoms with van der Waals surface area (Å²) >= 11 is 0. The van der Waals surface area contributed by atoms with Crippen molar-refractivity contribution in [2.24, 2.45) is 28.6 Å². The maximum absolute atomic E-state index is 12.9. The van der Waals surface area contributed by atoms with Crippen LogP contribution in [0.15, 0.2) is 34.7 Å². The number of rotatable bonds is 7. The van der Waals surface area contributed by atoms with E-state index in [1.165, 1.54) is 7.11 Å². The first-order chi connectivity index (χ1) is 14.6. The highest BCUT2D eigenvalue weighted by Crippen LogP contribution is 2.61. The van der Waals surface area contributed by atoms with Gasteiger partial charge in [-0.3, -0.25) is 4.79 Å². The fourth-order valence-corrected chi connectivity index (χ4v) is 6.16. The van der Waals surface area contributed by atoms with E-state index in [0.717, 1.165) is 44.1 Å². The molecule has 1 fully saturated rings. The molecule has 1 heterocycles. The van der Waals surface area contributed by atoms with Crippen molar-refractivity contribution >= 4 is 11.9 Å². The van der Waals surface area contributed by atoms with Crippen molar-refractivity contribution in [3.8, 4) is 0 Å². The van der Waals surface area contributed by atoms with Gasteiger partial charge in [0.2, 0.25) is 0 Å². The third kappa shape index (κ3) is 4.61. The standard InChI is InChI=1S/C26H38O5/c1-7-17(2)23(27)31-21-15-19(24(28)29-6)20(10-9-18-11-14-30-16-18)26(5)13-8-12-25(3,4)22(21)26/h11,14-17,20-22H,7-10,12-13H2,1-6H3. The summed E-state index contributed by atoms with van der Waals surface area (Å²) < 4.78 is 16.5. The lowest BCUT2D eigenvalue weighted by molar-refractivity contribution is -0.169. The molecule has 0 aliphatic heterocycles. The highest BCUT2D eigenvalue weighted by Gasteiger charge is 2.58. The van der Waals surface area contributed by atoms with E-state index in [4.69, 9.17) is 13.9 Å². The van der Waals surface area contributed by atoms with E-state index < -0.39 is 6.10 Å². The highest BCUT2D eigenvalue weighted by molar-refractivity contribution is 5.89. The van der Waals surface area contributed by atoms with Gasteiger partial charge in [-0.2, -0.15) is 0 Å². The normalized spacial score (nSPS) is 30.6. The number of fused-ring (bicyclic) bond motifs is 1. The molecule has 172 valence electrons. The van der Waals surface area contributed by atoms with Crippen molar-refractivity contribution in [3.05, 3.63) is 35.8 Å². The summed E-state index contributed by atoms with van der Waals surface area (Å²) in [5.41, 5.74) is 1.62. The minimum absolute atomic E-state index is 0.000557. The monoisotopic (exact) mass is 430 g/mol. The summed E-state index contributed by atoms with van der Waals surface area (Å²) in [6, 6.07) is 1.98. The van der Waals surface area contributed by atoms with Gasteiger partial charge >= 0.3 is 11.9 Å². The first-order valence-corrected chi connectivity index (χ1v) is 11.7. The van der Waals surface area contributed by atoms with Crippen molar-refractivity contribution in [1.82, 2.24) is 0 Å². The number of esters is 2. The smallest absolute Gasteiger partial charge is 0.333 e. The van der Waals surface area contributed by atoms with Crippen LogP contribution in [0.5, 0.6) is 0 Å². The molecular formula is C26H38O5. The van der Waals surface area contributed by atoms with Crippen LogP contribution >= 0.6 is 0 Å². The van der Waals surface area contributed by atoms with E-state index in [9.17, 15) is 9.59 Å². The number of ether oxygens (including phenoxy) is 2. The van der Waals surface area contributed by atoms with Gasteiger partial charge in [0.1, 0.15) is 6.10 Å². The first kappa shape index (κ1) is 23.6. The van der Waals surface area contributed by atoms with Crippen molar-refractivity contribution in [2.45, 2.75) is 79.2 Å². The lowest BCUT2D eigenvalue weighted by Gasteiger charge is -2.58. The Balaban J connectivity index is 2.04. The Morgan fingerprint density at radius 2 is 2.00 bits per heavy atom. The summed E-state index contributed by atoms with van der Waals surface area (Å²) in [4.78, 5) is 25.7. The zero-order valence-corrected chi connectivity index (χ0v) is 19.9. The molecule has 0 aromatic carbocycles. The molecule has 5 atom stereocenters. The number of hydrogen-bond donors (Lipinski definition) is 0. The minimum atomic E-state index is -0.416. The number of carbonyl (C=O) groups is 2. The molecule has 0 N–H and O–H groups in total. The van der Waals surface area contributed by atoms with E-state index in [1.54, 1.807) is 12.5 Å². The van der Waals surface area contributed by atoms with Crippen LogP contribution in [0.1, 0.15) is 72.3 Å². The second-order valence-corrected chi connectivity index (χ2v) is 10.4. The molecule has 2 aliphatic carbocycles. The Kier molecular flexibility index (Phi) is 7.02. The van der Waals surface area contributed by atoms with Crippen molar-refractivity contribution in [2.75, 3.05) is 7.11 Å². The summed E-state index contributed by atoms with van der Waals surface area (Å²) in [5.74, 6) is -0.479. The molecule has 3 rings (SSSR count). The number of furan rings is 1. The summed E-state index contributed by atoms with van der Waals surface area (Å²) in [7, 11) is 1.43. The third-order valence-corrected chi connectivity index (χ3v) is 7.92. The van der Waals surface area contributed by atoms with Gasteiger partial charge in [-0.1, -0.05) is 41.0 Å². The predicted octanol–water partition coefficient (Wildman–Crippen LogP) is 5.73. The third-order valence-electron chi connectivity index (χ3n) is 7.92. The van der Waals surface area contributed by atoms with Crippen LogP contribution in [0.4, 0.5) is 0 Å². The Labute approximate surface area is 186 Å². The van der Waals surface area contributed by atoms with Crippen LogP contribution in [-0.4, -0.2) is 25.2 Å². The van der Waals surface area contributed by atoms with Crippen LogP contribution < -0.4 is 0 Å². The number of hydrogen-bond acceptors (Lipinski definition) is 5. The van der Waals surface area contributed by atoms with E-state index in [-0.39, 0.29) is 40.5 Å². The number of aryl methyl sites for hydroxylation is 1. The van der Waals surface area contributed by atoms with Gasteiger partial charge < -0.3 is 13.9 Å². The minimum Gasteiger partial charge on any atom is -0.472 e. The van der Waals surface area contributed by atoms with Gasteiger partial charge in [0.15, 0.2) is 0 Å². The van der Waals surface area contributed by atoms with Crippen molar-refractivity contribution in [3.63, 3.8) is 0 Å². The molecule has 0 bridgehead atoms. The largest absolute Gasteiger partial charge is 0.472 e. The molecule has 0 saturated heterocycles. The second kappa shape index (κ2) is 9.22. The zero-order chi connectivity index (χ0) is 22.8. The Morgan fingerprint density at radius 1 is 1.26 bits per heavy atom. The zero-order valence-electron chi connectivity index (χ0n) is 19.9. The van der Waals surface area contributed by atoms with Crippen LogP contribution in [-0.2, 0) is 25.5 Å². The van der Waals surface area contributed by atoms with E-state index in [1.807, 2.05) is 26.0 Å². The molecule has 31 heavy (non-hydrogen) atoms. The Bertz CT molecular complexity index is 806. The lowest BCUT2D eigenvalue weighted by atomic mass is 9.47. The first-order valence-electron chi connectivity index (χ1n) is 11.7. The Morgan fingerprint density at radius 3 is 2.61 bits per heavy atom. The predicted molar refractivity (Wildman–Crippen MR) is 119 cm³/mol. The van der Waals surface area contributed by atoms with Gasteiger partial charge in [0, 0.05) is 11.5 Å². The summed E-state index contributed by atoms with van der Waals surface area (Å²) in [6.07, 6.45) is 10.5. The SMILES string of the molecule is CCC(C)C(=O)OC1C=C(C(=O)OC)C(CCc2ccoc2)C2(C)CCCC(C)(C)C12. The highest BCUT2D eigenvalue weighted by atomic mass is 16.5. The van der Waals surface area contributed by atoms with E-state index in [2.05, 4.69) is 20.8 Å². The molecule has 1 aromatic rings. The fraction of sp³-hybridized carbons (Fsp3) is 0.692. The molecule has 5 unspecified atom stereocenters. The van der Waals surface area contributed by atoms with Gasteiger partial charge in [-0.25, -0.2) is 4.79 Å². The van der Waals surface area contributed by atoms with Gasteiger partial charge in [0.25, 0.3) is 0 Å². The van der Waals surface area contributed by atoms with Crippen LogP contribution in [0.2, 0.25) is 0 Å². The average Bonchev–Trinajstić information content (AvgIpc) is 3.24. The van der Waals surface area contributed by atoms with Gasteiger partial charge in [-0.05, 0) is 66.6 Å². The number of methoxy groups -OCH3 is 1. The molecule has 1 aromatic heterocycles. The molecule has 5 nitrogen and oxygen atoms in total. The van der Waals surface area contributed by atoms with E-state index >= 15 is 0 Å². The molecule has 2 aliphatic rings. The van der Waals surface area contributed by atoms with Crippen LogP contribution in [0, 0.1) is 28.6 Å².